The largest absolute Gasteiger partial charge is 0.378 e. The monoisotopic (exact) mass is 314 g/mol. The number of H-pyrrole nitrogens is 1. The van der Waals surface area contributed by atoms with Gasteiger partial charge in [0.05, 0.1) is 13.2 Å². The molecular formula is C16H15ClN4O. The van der Waals surface area contributed by atoms with Gasteiger partial charge < -0.3 is 14.6 Å². The maximum Gasteiger partial charge on any atom is 0.163 e. The summed E-state index contributed by atoms with van der Waals surface area (Å²) in [6.45, 7) is 3.07. The van der Waals surface area contributed by atoms with Crippen LogP contribution in [-0.2, 0) is 4.74 Å². The molecular weight excluding hydrogens is 300 g/mol. The van der Waals surface area contributed by atoms with Gasteiger partial charge in [-0.3, -0.25) is 0 Å². The number of nitrogens with zero attached hydrogens (tertiary/aromatic N) is 3. The summed E-state index contributed by atoms with van der Waals surface area (Å²) in [5.41, 5.74) is 2.05. The first-order chi connectivity index (χ1) is 10.8. The molecule has 0 bridgehead atoms. The van der Waals surface area contributed by atoms with Crippen LogP contribution in [0.2, 0.25) is 5.15 Å². The Morgan fingerprint density at radius 1 is 1.14 bits per heavy atom. The maximum absolute atomic E-state index is 6.23. The van der Waals surface area contributed by atoms with Crippen LogP contribution in [0.15, 0.2) is 36.5 Å². The highest BCUT2D eigenvalue weighted by molar-refractivity contribution is 6.29. The molecule has 112 valence electrons. The molecule has 0 radical (unpaired) electrons. The zero-order valence-electron chi connectivity index (χ0n) is 11.9. The smallest absolute Gasteiger partial charge is 0.163 e. The molecule has 3 heterocycles. The fourth-order valence-electron chi connectivity index (χ4n) is 2.76. The first-order valence-corrected chi connectivity index (χ1v) is 7.63. The van der Waals surface area contributed by atoms with Gasteiger partial charge in [-0.1, -0.05) is 23.7 Å². The Kier molecular flexibility index (Phi) is 3.44. The molecule has 0 spiro atoms. The number of aromatic nitrogens is 3. The topological polar surface area (TPSA) is 54.0 Å². The van der Waals surface area contributed by atoms with Crippen molar-refractivity contribution in [3.05, 3.63) is 41.7 Å². The van der Waals surface area contributed by atoms with Gasteiger partial charge in [0.1, 0.15) is 11.0 Å². The molecule has 0 aliphatic carbocycles. The summed E-state index contributed by atoms with van der Waals surface area (Å²) in [6.07, 6.45) is 1.92. The predicted octanol–water partition coefficient (Wildman–Crippen LogP) is 3.11. The van der Waals surface area contributed by atoms with Crippen LogP contribution in [0.1, 0.15) is 0 Å². The van der Waals surface area contributed by atoms with Crippen molar-refractivity contribution < 1.29 is 4.74 Å². The second kappa shape index (κ2) is 5.59. The second-order valence-electron chi connectivity index (χ2n) is 5.22. The molecule has 0 saturated carbocycles. The van der Waals surface area contributed by atoms with E-state index < -0.39 is 0 Å². The Morgan fingerprint density at radius 2 is 2.00 bits per heavy atom. The molecule has 1 aliphatic heterocycles. The number of morpholine rings is 1. The van der Waals surface area contributed by atoms with Gasteiger partial charge in [0.15, 0.2) is 5.82 Å². The van der Waals surface area contributed by atoms with E-state index in [2.05, 4.69) is 14.9 Å². The van der Waals surface area contributed by atoms with Crippen molar-refractivity contribution in [1.29, 1.82) is 0 Å². The van der Waals surface area contributed by atoms with Crippen molar-refractivity contribution in [2.24, 2.45) is 0 Å². The van der Waals surface area contributed by atoms with E-state index in [9.17, 15) is 0 Å². The Morgan fingerprint density at radius 3 is 2.86 bits per heavy atom. The van der Waals surface area contributed by atoms with Crippen molar-refractivity contribution in [3.8, 4) is 11.4 Å². The van der Waals surface area contributed by atoms with E-state index in [1.165, 1.54) is 0 Å². The van der Waals surface area contributed by atoms with Crippen molar-refractivity contribution in [2.75, 3.05) is 31.2 Å². The van der Waals surface area contributed by atoms with Gasteiger partial charge in [0, 0.05) is 41.8 Å². The van der Waals surface area contributed by atoms with E-state index in [1.807, 2.05) is 36.5 Å². The minimum Gasteiger partial charge on any atom is -0.378 e. The number of rotatable bonds is 2. The standard InChI is InChI=1S/C16H15ClN4O/c17-14-10-15(21-6-8-22-9-7-21)20-16(19-14)12-2-1-3-13-11(12)4-5-18-13/h1-5,10,18H,6-9H2. The Labute approximate surface area is 132 Å². The van der Waals surface area contributed by atoms with Crippen LogP contribution in [0.5, 0.6) is 0 Å². The number of ether oxygens (including phenoxy) is 1. The molecule has 4 rings (SSSR count). The number of benzene rings is 1. The van der Waals surface area contributed by atoms with Gasteiger partial charge in [-0.25, -0.2) is 9.97 Å². The van der Waals surface area contributed by atoms with Gasteiger partial charge in [-0.2, -0.15) is 0 Å². The molecule has 6 heteroatoms. The lowest BCUT2D eigenvalue weighted by Crippen LogP contribution is -2.36. The maximum atomic E-state index is 6.23. The number of nitrogens with one attached hydrogen (secondary N) is 1. The molecule has 22 heavy (non-hydrogen) atoms. The van der Waals surface area contributed by atoms with Crippen molar-refractivity contribution in [1.82, 2.24) is 15.0 Å². The number of halogens is 1. The molecule has 2 aromatic heterocycles. The zero-order chi connectivity index (χ0) is 14.9. The summed E-state index contributed by atoms with van der Waals surface area (Å²) in [5, 5.41) is 1.55. The van der Waals surface area contributed by atoms with E-state index in [-0.39, 0.29) is 0 Å². The summed E-state index contributed by atoms with van der Waals surface area (Å²) < 4.78 is 5.39. The number of anilines is 1. The fourth-order valence-corrected chi connectivity index (χ4v) is 2.94. The average molecular weight is 315 g/mol. The minimum atomic E-state index is 0.457. The summed E-state index contributed by atoms with van der Waals surface area (Å²) in [4.78, 5) is 14.5. The third-order valence-electron chi connectivity index (χ3n) is 3.85. The molecule has 0 unspecified atom stereocenters. The average Bonchev–Trinajstić information content (AvgIpc) is 3.03. The van der Waals surface area contributed by atoms with E-state index in [0.29, 0.717) is 24.2 Å². The Hall–Kier alpha value is -2.11. The molecule has 1 N–H and O–H groups in total. The van der Waals surface area contributed by atoms with Crippen molar-refractivity contribution in [3.63, 3.8) is 0 Å². The van der Waals surface area contributed by atoms with Crippen LogP contribution < -0.4 is 4.90 Å². The van der Waals surface area contributed by atoms with E-state index in [0.717, 1.165) is 35.4 Å². The predicted molar refractivity (Wildman–Crippen MR) is 87.4 cm³/mol. The zero-order valence-corrected chi connectivity index (χ0v) is 12.7. The van der Waals surface area contributed by atoms with Crippen LogP contribution in [-0.4, -0.2) is 41.3 Å². The molecule has 1 fully saturated rings. The van der Waals surface area contributed by atoms with Crippen molar-refractivity contribution >= 4 is 28.3 Å². The molecule has 1 aliphatic rings. The van der Waals surface area contributed by atoms with Gasteiger partial charge in [-0.05, 0) is 12.1 Å². The fraction of sp³-hybridized carbons (Fsp3) is 0.250. The molecule has 0 atom stereocenters. The summed E-state index contributed by atoms with van der Waals surface area (Å²) in [5.74, 6) is 1.50. The van der Waals surface area contributed by atoms with E-state index in [4.69, 9.17) is 21.3 Å². The van der Waals surface area contributed by atoms with Gasteiger partial charge in [-0.15, -0.1) is 0 Å². The van der Waals surface area contributed by atoms with E-state index >= 15 is 0 Å². The quantitative estimate of drug-likeness (QED) is 0.738. The first-order valence-electron chi connectivity index (χ1n) is 7.25. The summed E-state index contributed by atoms with van der Waals surface area (Å²) in [7, 11) is 0. The first kappa shape index (κ1) is 13.5. The molecule has 1 saturated heterocycles. The molecule has 1 aromatic carbocycles. The van der Waals surface area contributed by atoms with Crippen LogP contribution in [0.3, 0.4) is 0 Å². The normalized spacial score (nSPS) is 15.4. The highest BCUT2D eigenvalue weighted by Crippen LogP contribution is 2.28. The number of hydrogen-bond donors (Lipinski definition) is 1. The Bertz CT molecular complexity index is 811. The number of fused-ring (bicyclic) bond motifs is 1. The highest BCUT2D eigenvalue weighted by atomic mass is 35.5. The SMILES string of the molecule is Clc1cc(N2CCOCC2)nc(-c2cccc3[nH]ccc23)n1. The number of hydrogen-bond acceptors (Lipinski definition) is 4. The molecule has 0 amide bonds. The molecule has 5 nitrogen and oxygen atoms in total. The second-order valence-corrected chi connectivity index (χ2v) is 5.60. The van der Waals surface area contributed by atoms with Crippen LogP contribution >= 0.6 is 11.6 Å². The Balaban J connectivity index is 1.81. The van der Waals surface area contributed by atoms with Crippen LogP contribution in [0.4, 0.5) is 5.82 Å². The van der Waals surface area contributed by atoms with Crippen LogP contribution in [0.25, 0.3) is 22.3 Å². The van der Waals surface area contributed by atoms with Crippen LogP contribution in [0, 0.1) is 0 Å². The summed E-state index contributed by atoms with van der Waals surface area (Å²) >= 11 is 6.23. The van der Waals surface area contributed by atoms with Crippen molar-refractivity contribution in [2.45, 2.75) is 0 Å². The van der Waals surface area contributed by atoms with Gasteiger partial charge in [0.2, 0.25) is 0 Å². The van der Waals surface area contributed by atoms with E-state index in [1.54, 1.807) is 0 Å². The summed E-state index contributed by atoms with van der Waals surface area (Å²) in [6, 6.07) is 9.89. The third-order valence-corrected chi connectivity index (χ3v) is 4.05. The number of aromatic amines is 1. The van der Waals surface area contributed by atoms with Gasteiger partial charge >= 0.3 is 0 Å². The minimum absolute atomic E-state index is 0.457. The molecule has 3 aromatic rings. The van der Waals surface area contributed by atoms with Gasteiger partial charge in [0.25, 0.3) is 0 Å². The lowest BCUT2D eigenvalue weighted by molar-refractivity contribution is 0.122. The third kappa shape index (κ3) is 2.42. The lowest BCUT2D eigenvalue weighted by Gasteiger charge is -2.28. The lowest BCUT2D eigenvalue weighted by atomic mass is 10.1. The highest BCUT2D eigenvalue weighted by Gasteiger charge is 2.16.